The zero-order chi connectivity index (χ0) is 11.4. The van der Waals surface area contributed by atoms with Crippen molar-refractivity contribution < 1.29 is 22.6 Å². The van der Waals surface area contributed by atoms with Gasteiger partial charge in [-0.15, -0.1) is 0 Å². The number of rotatable bonds is 4. The summed E-state index contributed by atoms with van der Waals surface area (Å²) in [5.74, 6) is -4.36. The van der Waals surface area contributed by atoms with Crippen LogP contribution in [-0.4, -0.2) is 24.8 Å². The largest absolute Gasteiger partial charge is 0.470 e. The number of aromatic nitrogens is 1. The minimum Gasteiger partial charge on any atom is -0.470 e. The van der Waals surface area contributed by atoms with E-state index in [2.05, 4.69) is 4.98 Å². The maximum atomic E-state index is 13.0. The molecule has 0 aliphatic heterocycles. The van der Waals surface area contributed by atoms with Crippen LogP contribution in [0.1, 0.15) is 6.92 Å². The minimum atomic E-state index is -1.39. The fourth-order valence-electron chi connectivity index (χ4n) is 0.970. The number of pyridine rings is 1. The average Bonchev–Trinajstić information content (AvgIpc) is 2.14. The topological polar surface area (TPSA) is 31.4 Å². The summed E-state index contributed by atoms with van der Waals surface area (Å²) in [5, 5.41) is 0. The van der Waals surface area contributed by atoms with Crippen molar-refractivity contribution in [2.45, 2.75) is 13.0 Å². The van der Waals surface area contributed by atoms with Crippen LogP contribution in [-0.2, 0) is 4.74 Å². The maximum Gasteiger partial charge on any atom is 0.253 e. The van der Waals surface area contributed by atoms with Crippen LogP contribution in [0, 0.1) is 17.6 Å². The van der Waals surface area contributed by atoms with Crippen LogP contribution in [0.5, 0.6) is 5.88 Å². The summed E-state index contributed by atoms with van der Waals surface area (Å²) in [6, 6.07) is 0.386. The van der Waals surface area contributed by atoms with E-state index in [4.69, 9.17) is 9.47 Å². The van der Waals surface area contributed by atoms with Crippen molar-refractivity contribution in [2.24, 2.45) is 0 Å². The molecule has 0 fully saturated rings. The molecule has 1 unspecified atom stereocenters. The lowest BCUT2D eigenvalue weighted by Gasteiger charge is -2.13. The van der Waals surface area contributed by atoms with Crippen LogP contribution in [0.3, 0.4) is 0 Å². The highest BCUT2D eigenvalue weighted by Crippen LogP contribution is 2.17. The number of hydrogen-bond donors (Lipinski definition) is 0. The summed E-state index contributed by atoms with van der Waals surface area (Å²) >= 11 is 0. The van der Waals surface area contributed by atoms with Gasteiger partial charge in [-0.2, -0.15) is 9.37 Å². The Bertz CT molecular complexity index is 346. The summed E-state index contributed by atoms with van der Waals surface area (Å²) in [7, 11) is 1.44. The highest BCUT2D eigenvalue weighted by Gasteiger charge is 2.15. The monoisotopic (exact) mass is 221 g/mol. The van der Waals surface area contributed by atoms with E-state index in [-0.39, 0.29) is 6.61 Å². The zero-order valence-corrected chi connectivity index (χ0v) is 8.26. The Morgan fingerprint density at radius 2 is 2.00 bits per heavy atom. The van der Waals surface area contributed by atoms with Gasteiger partial charge >= 0.3 is 0 Å². The molecular weight excluding hydrogens is 211 g/mol. The Balaban J connectivity index is 2.81. The third-order valence-corrected chi connectivity index (χ3v) is 1.57. The first kappa shape index (κ1) is 11.8. The number of hydrogen-bond acceptors (Lipinski definition) is 3. The molecule has 1 aromatic heterocycles. The van der Waals surface area contributed by atoms with E-state index >= 15 is 0 Å². The molecule has 0 spiro atoms. The Kier molecular flexibility index (Phi) is 3.90. The lowest BCUT2D eigenvalue weighted by Crippen LogP contribution is -2.19. The van der Waals surface area contributed by atoms with E-state index < -0.39 is 29.6 Å². The van der Waals surface area contributed by atoms with Gasteiger partial charge < -0.3 is 9.47 Å². The second-order valence-corrected chi connectivity index (χ2v) is 2.93. The quantitative estimate of drug-likeness (QED) is 0.728. The van der Waals surface area contributed by atoms with Gasteiger partial charge in [0.25, 0.3) is 11.8 Å². The molecule has 1 atom stereocenters. The Hall–Kier alpha value is -1.30. The average molecular weight is 221 g/mol. The Morgan fingerprint density at radius 1 is 1.33 bits per heavy atom. The molecular formula is C9H10F3NO2. The molecule has 6 heteroatoms. The van der Waals surface area contributed by atoms with E-state index in [0.717, 1.165) is 0 Å². The molecule has 3 nitrogen and oxygen atoms in total. The molecule has 0 aromatic carbocycles. The molecule has 0 aliphatic carbocycles. The third kappa shape index (κ3) is 3.09. The van der Waals surface area contributed by atoms with Gasteiger partial charge in [0, 0.05) is 13.2 Å². The number of nitrogens with zero attached hydrogens (tertiary/aromatic N) is 1. The molecule has 0 amide bonds. The van der Waals surface area contributed by atoms with Crippen LogP contribution in [0.4, 0.5) is 13.2 Å². The SMILES string of the molecule is COCC(C)Oc1nc(F)c(F)cc1F. The molecule has 0 aliphatic rings. The van der Waals surface area contributed by atoms with E-state index in [1.165, 1.54) is 7.11 Å². The van der Waals surface area contributed by atoms with Gasteiger partial charge in [-0.1, -0.05) is 0 Å². The van der Waals surface area contributed by atoms with Crippen LogP contribution in [0.2, 0.25) is 0 Å². The van der Waals surface area contributed by atoms with E-state index in [1.54, 1.807) is 6.92 Å². The Morgan fingerprint density at radius 3 is 2.60 bits per heavy atom. The van der Waals surface area contributed by atoms with Crippen molar-refractivity contribution in [2.75, 3.05) is 13.7 Å². The normalized spacial score (nSPS) is 12.6. The number of methoxy groups -OCH3 is 1. The zero-order valence-electron chi connectivity index (χ0n) is 8.26. The van der Waals surface area contributed by atoms with E-state index in [0.29, 0.717) is 6.07 Å². The van der Waals surface area contributed by atoms with Crippen molar-refractivity contribution in [1.29, 1.82) is 0 Å². The summed E-state index contributed by atoms with van der Waals surface area (Å²) in [5.41, 5.74) is 0. The second-order valence-electron chi connectivity index (χ2n) is 2.93. The second kappa shape index (κ2) is 4.97. The molecule has 0 saturated heterocycles. The van der Waals surface area contributed by atoms with Crippen molar-refractivity contribution in [3.63, 3.8) is 0 Å². The molecule has 0 radical (unpaired) electrons. The first-order valence-electron chi connectivity index (χ1n) is 4.21. The van der Waals surface area contributed by atoms with Gasteiger partial charge in [0.05, 0.1) is 6.61 Å². The van der Waals surface area contributed by atoms with E-state index in [1.807, 2.05) is 0 Å². The highest BCUT2D eigenvalue weighted by molar-refractivity contribution is 5.15. The molecule has 0 saturated carbocycles. The fourth-order valence-corrected chi connectivity index (χ4v) is 0.970. The number of ether oxygens (including phenoxy) is 2. The van der Waals surface area contributed by atoms with Crippen molar-refractivity contribution in [3.05, 3.63) is 23.6 Å². The van der Waals surface area contributed by atoms with Crippen LogP contribution < -0.4 is 4.74 Å². The molecule has 84 valence electrons. The molecule has 1 heterocycles. The molecule has 15 heavy (non-hydrogen) atoms. The van der Waals surface area contributed by atoms with Gasteiger partial charge in [-0.3, -0.25) is 0 Å². The van der Waals surface area contributed by atoms with Gasteiger partial charge in [0.15, 0.2) is 11.6 Å². The van der Waals surface area contributed by atoms with Crippen molar-refractivity contribution in [3.8, 4) is 5.88 Å². The van der Waals surface area contributed by atoms with Gasteiger partial charge in [0.1, 0.15) is 6.10 Å². The predicted molar refractivity (Wildman–Crippen MR) is 46.1 cm³/mol. The molecule has 0 N–H and O–H groups in total. The smallest absolute Gasteiger partial charge is 0.253 e. The minimum absolute atomic E-state index is 0.195. The Labute approximate surface area is 84.8 Å². The van der Waals surface area contributed by atoms with Gasteiger partial charge in [0.2, 0.25) is 0 Å². The summed E-state index contributed by atoms with van der Waals surface area (Å²) in [6.07, 6.45) is -0.498. The summed E-state index contributed by atoms with van der Waals surface area (Å²) in [6.45, 7) is 1.78. The lowest BCUT2D eigenvalue weighted by atomic mass is 10.4. The molecule has 0 bridgehead atoms. The summed E-state index contributed by atoms with van der Waals surface area (Å²) in [4.78, 5) is 3.00. The summed E-state index contributed by atoms with van der Waals surface area (Å²) < 4.78 is 47.7. The maximum absolute atomic E-state index is 13.0. The van der Waals surface area contributed by atoms with Gasteiger partial charge in [-0.25, -0.2) is 8.78 Å². The fraction of sp³-hybridized carbons (Fsp3) is 0.444. The van der Waals surface area contributed by atoms with Crippen LogP contribution >= 0.6 is 0 Å². The van der Waals surface area contributed by atoms with Crippen molar-refractivity contribution in [1.82, 2.24) is 4.98 Å². The lowest BCUT2D eigenvalue weighted by molar-refractivity contribution is 0.0848. The van der Waals surface area contributed by atoms with Crippen LogP contribution in [0.25, 0.3) is 0 Å². The number of halogens is 3. The first-order valence-corrected chi connectivity index (χ1v) is 4.21. The molecule has 1 rings (SSSR count). The highest BCUT2D eigenvalue weighted by atomic mass is 19.2. The molecule has 1 aromatic rings. The third-order valence-electron chi connectivity index (χ3n) is 1.57. The van der Waals surface area contributed by atoms with E-state index in [9.17, 15) is 13.2 Å². The van der Waals surface area contributed by atoms with Gasteiger partial charge in [-0.05, 0) is 6.92 Å². The standard InChI is InChI=1S/C9H10F3NO2/c1-5(4-14-2)15-9-7(11)3-6(10)8(12)13-9/h3,5H,4H2,1-2H3. The first-order chi connectivity index (χ1) is 7.04. The van der Waals surface area contributed by atoms with Crippen molar-refractivity contribution >= 4 is 0 Å². The van der Waals surface area contributed by atoms with Crippen LogP contribution in [0.15, 0.2) is 6.07 Å². The predicted octanol–water partition coefficient (Wildman–Crippen LogP) is 1.91.